The van der Waals surface area contributed by atoms with Crippen LogP contribution in [0.5, 0.6) is 5.88 Å². The third kappa shape index (κ3) is 5.01. The summed E-state index contributed by atoms with van der Waals surface area (Å²) in [7, 11) is -2.41. The lowest BCUT2D eigenvalue weighted by Gasteiger charge is -2.16. The van der Waals surface area contributed by atoms with Crippen molar-refractivity contribution >= 4 is 21.7 Å². The minimum Gasteiger partial charge on any atom is -0.480 e. The Morgan fingerprint density at radius 2 is 2.04 bits per heavy atom. The van der Waals surface area contributed by atoms with Gasteiger partial charge in [-0.15, -0.1) is 0 Å². The van der Waals surface area contributed by atoms with Crippen molar-refractivity contribution in [2.24, 2.45) is 0 Å². The van der Waals surface area contributed by atoms with Crippen LogP contribution in [0, 0.1) is 6.92 Å². The maximum Gasteiger partial charge on any atom is 0.246 e. The van der Waals surface area contributed by atoms with Crippen molar-refractivity contribution in [1.82, 2.24) is 14.7 Å². The van der Waals surface area contributed by atoms with Crippen LogP contribution in [-0.2, 0) is 14.8 Å². The predicted octanol–water partition coefficient (Wildman–Crippen LogP) is 2.50. The van der Waals surface area contributed by atoms with Crippen molar-refractivity contribution in [3.63, 3.8) is 0 Å². The lowest BCUT2D eigenvalue weighted by atomic mass is 10.0. The number of carbonyl (C=O) groups is 1. The number of hydrogen-bond acceptors (Lipinski definition) is 6. The molecule has 2 rings (SSSR count). The number of aromatic nitrogens is 2. The van der Waals surface area contributed by atoms with Crippen LogP contribution in [-0.4, -0.2) is 37.9 Å². The first kappa shape index (κ1) is 20.8. The van der Waals surface area contributed by atoms with E-state index in [1.54, 1.807) is 25.3 Å². The van der Waals surface area contributed by atoms with E-state index < -0.39 is 10.0 Å². The van der Waals surface area contributed by atoms with E-state index in [-0.39, 0.29) is 16.7 Å². The van der Waals surface area contributed by atoms with Crippen molar-refractivity contribution in [1.29, 1.82) is 0 Å². The fourth-order valence-electron chi connectivity index (χ4n) is 2.62. The number of nitrogens with one attached hydrogen (secondary N) is 2. The van der Waals surface area contributed by atoms with Gasteiger partial charge in [0.15, 0.2) is 0 Å². The van der Waals surface area contributed by atoms with Gasteiger partial charge in [0.05, 0.1) is 7.11 Å². The Hall–Kier alpha value is -2.52. The molecule has 2 aromatic rings. The highest BCUT2D eigenvalue weighted by Crippen LogP contribution is 2.33. The molecule has 2 N–H and O–H groups in total. The van der Waals surface area contributed by atoms with Gasteiger partial charge < -0.3 is 10.1 Å². The second-order valence-corrected chi connectivity index (χ2v) is 7.70. The van der Waals surface area contributed by atoms with Crippen LogP contribution in [0.3, 0.4) is 0 Å². The van der Waals surface area contributed by atoms with E-state index in [9.17, 15) is 13.2 Å². The lowest BCUT2D eigenvalue weighted by molar-refractivity contribution is -0.114. The highest BCUT2D eigenvalue weighted by atomic mass is 32.2. The average Bonchev–Trinajstić information content (AvgIpc) is 2.60. The zero-order valence-electron chi connectivity index (χ0n) is 15.9. The average molecular weight is 392 g/mol. The van der Waals surface area contributed by atoms with Gasteiger partial charge in [0, 0.05) is 31.4 Å². The van der Waals surface area contributed by atoms with Crippen molar-refractivity contribution in [2.75, 3.05) is 19.0 Å². The summed E-state index contributed by atoms with van der Waals surface area (Å²) in [6.45, 7) is 5.42. The van der Waals surface area contributed by atoms with Crippen molar-refractivity contribution < 1.29 is 17.9 Å². The summed E-state index contributed by atoms with van der Waals surface area (Å²) >= 11 is 0. The molecule has 9 heteroatoms. The molecule has 2 aromatic heterocycles. The van der Waals surface area contributed by atoms with Gasteiger partial charge in [0.1, 0.15) is 10.7 Å². The molecule has 0 atom stereocenters. The Labute approximate surface area is 159 Å². The van der Waals surface area contributed by atoms with Crippen LogP contribution in [0.2, 0.25) is 0 Å². The molecule has 0 saturated carbocycles. The van der Waals surface area contributed by atoms with E-state index in [4.69, 9.17) is 4.74 Å². The minimum atomic E-state index is -3.79. The van der Waals surface area contributed by atoms with Crippen LogP contribution in [0.4, 0.5) is 5.82 Å². The number of unbranched alkanes of at least 4 members (excludes halogenated alkanes) is 1. The summed E-state index contributed by atoms with van der Waals surface area (Å²) in [5, 5.41) is 2.61. The molecule has 0 saturated heterocycles. The SMILES string of the molecule is CCCCNS(=O)(=O)c1c(OC)ncc(-c2ccnc(NC(C)=O)c2)c1C. The number of carbonyl (C=O) groups excluding carboxylic acids is 1. The van der Waals surface area contributed by atoms with Gasteiger partial charge in [-0.3, -0.25) is 4.79 Å². The van der Waals surface area contributed by atoms with Crippen LogP contribution in [0.15, 0.2) is 29.4 Å². The van der Waals surface area contributed by atoms with Gasteiger partial charge >= 0.3 is 0 Å². The number of anilines is 1. The highest BCUT2D eigenvalue weighted by Gasteiger charge is 2.25. The van der Waals surface area contributed by atoms with E-state index in [2.05, 4.69) is 20.0 Å². The van der Waals surface area contributed by atoms with Crippen molar-refractivity contribution in [2.45, 2.75) is 38.5 Å². The van der Waals surface area contributed by atoms with Gasteiger partial charge in [-0.25, -0.2) is 23.1 Å². The maximum atomic E-state index is 12.8. The molecule has 2 heterocycles. The van der Waals surface area contributed by atoms with E-state index in [0.29, 0.717) is 29.1 Å². The molecule has 0 aromatic carbocycles. The first-order chi connectivity index (χ1) is 12.8. The Morgan fingerprint density at radius 1 is 1.30 bits per heavy atom. The van der Waals surface area contributed by atoms with Crippen LogP contribution in [0.1, 0.15) is 32.3 Å². The van der Waals surface area contributed by atoms with Crippen LogP contribution in [0.25, 0.3) is 11.1 Å². The molecule has 0 aliphatic rings. The summed E-state index contributed by atoms with van der Waals surface area (Å²) in [6.07, 6.45) is 4.70. The zero-order valence-corrected chi connectivity index (χ0v) is 16.7. The number of hydrogen-bond donors (Lipinski definition) is 2. The molecule has 1 amide bonds. The molecular weight excluding hydrogens is 368 g/mol. The monoisotopic (exact) mass is 392 g/mol. The fourth-order valence-corrected chi connectivity index (χ4v) is 4.05. The largest absolute Gasteiger partial charge is 0.480 e. The summed E-state index contributed by atoms with van der Waals surface area (Å²) in [4.78, 5) is 19.5. The quantitative estimate of drug-likeness (QED) is 0.668. The number of rotatable bonds is 8. The second-order valence-electron chi connectivity index (χ2n) is 6.00. The summed E-state index contributed by atoms with van der Waals surface area (Å²) in [5.41, 5.74) is 1.80. The van der Waals surface area contributed by atoms with Crippen molar-refractivity contribution in [3.8, 4) is 17.0 Å². The Kier molecular flexibility index (Phi) is 6.86. The third-order valence-corrected chi connectivity index (χ3v) is 5.51. The normalized spacial score (nSPS) is 11.3. The van der Waals surface area contributed by atoms with Crippen LogP contribution < -0.4 is 14.8 Å². The third-order valence-electron chi connectivity index (χ3n) is 3.91. The molecule has 0 unspecified atom stereocenters. The van der Waals surface area contributed by atoms with E-state index >= 15 is 0 Å². The summed E-state index contributed by atoms with van der Waals surface area (Å²) in [5.74, 6) is 0.171. The number of sulfonamides is 1. The number of amides is 1. The molecule has 146 valence electrons. The van der Waals surface area contributed by atoms with Crippen LogP contribution >= 0.6 is 0 Å². The molecule has 0 spiro atoms. The Balaban J connectivity index is 2.53. The molecule has 0 aliphatic heterocycles. The molecule has 0 radical (unpaired) electrons. The van der Waals surface area contributed by atoms with Gasteiger partial charge in [0.2, 0.25) is 21.8 Å². The summed E-state index contributed by atoms with van der Waals surface area (Å²) < 4.78 is 33.4. The number of methoxy groups -OCH3 is 1. The minimum absolute atomic E-state index is 0.0106. The molecule has 0 aliphatic carbocycles. The molecule has 0 bridgehead atoms. The van der Waals surface area contributed by atoms with Gasteiger partial charge in [0.25, 0.3) is 0 Å². The molecule has 27 heavy (non-hydrogen) atoms. The predicted molar refractivity (Wildman–Crippen MR) is 103 cm³/mol. The second kappa shape index (κ2) is 8.92. The standard InChI is InChI=1S/C18H24N4O4S/c1-5-6-8-21-27(24,25)17-12(2)15(11-20-18(17)26-4)14-7-9-19-16(10-14)22-13(3)23/h7,9-11,21H,5-6,8H2,1-4H3,(H,19,22,23). The Bertz CT molecular complexity index is 929. The number of pyridine rings is 2. The highest BCUT2D eigenvalue weighted by molar-refractivity contribution is 7.89. The Morgan fingerprint density at radius 3 is 2.67 bits per heavy atom. The fraction of sp³-hybridized carbons (Fsp3) is 0.389. The number of ether oxygens (including phenoxy) is 1. The summed E-state index contributed by atoms with van der Waals surface area (Å²) in [6, 6.07) is 3.39. The van der Waals surface area contributed by atoms with Gasteiger partial charge in [-0.1, -0.05) is 13.3 Å². The van der Waals surface area contributed by atoms with Crippen molar-refractivity contribution in [3.05, 3.63) is 30.1 Å². The van der Waals surface area contributed by atoms with E-state index in [1.807, 2.05) is 6.92 Å². The first-order valence-electron chi connectivity index (χ1n) is 8.57. The zero-order chi connectivity index (χ0) is 20.0. The number of nitrogens with zero attached hydrogens (tertiary/aromatic N) is 2. The molecule has 8 nitrogen and oxygen atoms in total. The molecular formula is C18H24N4O4S. The smallest absolute Gasteiger partial charge is 0.246 e. The van der Waals surface area contributed by atoms with Gasteiger partial charge in [-0.2, -0.15) is 0 Å². The topological polar surface area (TPSA) is 110 Å². The van der Waals surface area contributed by atoms with E-state index in [1.165, 1.54) is 20.2 Å². The maximum absolute atomic E-state index is 12.8. The van der Waals surface area contributed by atoms with Gasteiger partial charge in [-0.05, 0) is 36.6 Å². The molecule has 0 fully saturated rings. The first-order valence-corrected chi connectivity index (χ1v) is 10.1. The lowest BCUT2D eigenvalue weighted by Crippen LogP contribution is -2.26. The van der Waals surface area contributed by atoms with E-state index in [0.717, 1.165) is 12.8 Å².